The highest BCUT2D eigenvalue weighted by Crippen LogP contribution is 2.34. The van der Waals surface area contributed by atoms with Gasteiger partial charge in [-0.05, 0) is 18.6 Å². The number of nitro groups is 1. The van der Waals surface area contributed by atoms with Gasteiger partial charge in [0.05, 0.1) is 21.2 Å². The number of nitriles is 1. The van der Waals surface area contributed by atoms with E-state index in [9.17, 15) is 15.4 Å². The molecule has 0 atom stereocenters. The lowest BCUT2D eigenvalue weighted by Gasteiger charge is -2.01. The molecule has 7 nitrogen and oxygen atoms in total. The Bertz CT molecular complexity index is 906. The van der Waals surface area contributed by atoms with E-state index in [1.54, 1.807) is 19.1 Å². The first-order chi connectivity index (χ1) is 11.5. The number of rotatable bonds is 5. The van der Waals surface area contributed by atoms with Gasteiger partial charge in [0.25, 0.3) is 5.69 Å². The van der Waals surface area contributed by atoms with Gasteiger partial charge in [-0.1, -0.05) is 18.7 Å². The average molecular weight is 339 g/mol. The van der Waals surface area contributed by atoms with Gasteiger partial charge >= 0.3 is 0 Å². The van der Waals surface area contributed by atoms with Gasteiger partial charge in [-0.3, -0.25) is 10.1 Å². The quantitative estimate of drug-likeness (QED) is 0.501. The number of anilines is 1. The largest absolute Gasteiger partial charge is 0.396 e. The molecular weight excluding hydrogens is 326 g/mol. The Kier molecular flexibility index (Phi) is 5.19. The first kappa shape index (κ1) is 17.1. The van der Waals surface area contributed by atoms with Crippen molar-refractivity contribution in [3.63, 3.8) is 0 Å². The van der Waals surface area contributed by atoms with Crippen LogP contribution in [0.15, 0.2) is 46.9 Å². The molecule has 2 rings (SSSR count). The minimum atomic E-state index is -0.504. The van der Waals surface area contributed by atoms with Crippen molar-refractivity contribution in [1.82, 2.24) is 0 Å². The molecule has 120 valence electrons. The maximum Gasteiger partial charge on any atom is 0.271 e. The van der Waals surface area contributed by atoms with E-state index in [-0.39, 0.29) is 11.4 Å². The monoisotopic (exact) mass is 339 g/mol. The summed E-state index contributed by atoms with van der Waals surface area (Å²) in [4.78, 5) is 19.3. The molecule has 2 aromatic rings. The van der Waals surface area contributed by atoms with Crippen molar-refractivity contribution >= 4 is 45.3 Å². The van der Waals surface area contributed by atoms with Crippen LogP contribution in [0, 0.1) is 28.4 Å². The maximum atomic E-state index is 10.9. The Balaban J connectivity index is 2.49. The molecule has 0 radical (unpaired) electrons. The summed E-state index contributed by atoms with van der Waals surface area (Å²) in [6, 6.07) is 7.93. The van der Waals surface area contributed by atoms with Crippen LogP contribution in [0.5, 0.6) is 0 Å². The first-order valence-electron chi connectivity index (χ1n) is 6.75. The summed E-state index contributed by atoms with van der Waals surface area (Å²) < 4.78 is 0. The highest BCUT2D eigenvalue weighted by molar-refractivity contribution is 7.18. The lowest BCUT2D eigenvalue weighted by Crippen LogP contribution is -1.94. The fraction of sp³-hybridized carbons (Fsp3) is 0.0625. The second kappa shape index (κ2) is 7.30. The number of nitrogens with zero attached hydrogens (tertiary/aromatic N) is 4. The average Bonchev–Trinajstić information content (AvgIpc) is 2.92. The van der Waals surface area contributed by atoms with E-state index in [1.165, 1.54) is 35.8 Å². The summed E-state index contributed by atoms with van der Waals surface area (Å²) in [5, 5.41) is 20.8. The van der Waals surface area contributed by atoms with Crippen LogP contribution in [0.25, 0.3) is 0 Å². The highest BCUT2D eigenvalue weighted by atomic mass is 32.1. The van der Waals surface area contributed by atoms with Gasteiger partial charge in [0.15, 0.2) is 5.71 Å². The van der Waals surface area contributed by atoms with Gasteiger partial charge in [0.1, 0.15) is 11.1 Å². The molecule has 0 amide bonds. The first-order valence-corrected chi connectivity index (χ1v) is 7.56. The molecule has 1 aromatic heterocycles. The predicted molar refractivity (Wildman–Crippen MR) is 96.7 cm³/mol. The summed E-state index contributed by atoms with van der Waals surface area (Å²) in [7, 11) is 0. The van der Waals surface area contributed by atoms with Crippen LogP contribution in [0.3, 0.4) is 0 Å². The molecule has 1 aromatic carbocycles. The number of nitro benzene ring substituents is 1. The second-order valence-electron chi connectivity index (χ2n) is 4.69. The molecule has 0 spiro atoms. The number of hydrogen-bond donors (Lipinski definition) is 1. The smallest absolute Gasteiger partial charge is 0.271 e. The summed E-state index contributed by atoms with van der Waals surface area (Å²) >= 11 is 1.21. The predicted octanol–water partition coefficient (Wildman–Crippen LogP) is 4.08. The minimum Gasteiger partial charge on any atom is -0.396 e. The van der Waals surface area contributed by atoms with Crippen molar-refractivity contribution in [3.8, 4) is 6.07 Å². The lowest BCUT2D eigenvalue weighted by molar-refractivity contribution is -0.384. The Morgan fingerprint density at radius 1 is 1.50 bits per heavy atom. The lowest BCUT2D eigenvalue weighted by atomic mass is 10.2. The number of allylic oxidation sites excluding steroid dienone is 1. The third-order valence-corrected chi connectivity index (χ3v) is 4.08. The molecule has 0 aliphatic heterocycles. The van der Waals surface area contributed by atoms with Crippen molar-refractivity contribution in [1.29, 1.82) is 5.26 Å². The highest BCUT2D eigenvalue weighted by Gasteiger charge is 2.13. The van der Waals surface area contributed by atoms with Crippen molar-refractivity contribution in [3.05, 3.63) is 57.5 Å². The number of nitrogen functional groups attached to an aromatic ring is 1. The molecule has 0 saturated heterocycles. The molecule has 0 fully saturated rings. The van der Waals surface area contributed by atoms with Gasteiger partial charge in [0, 0.05) is 18.3 Å². The zero-order valence-electron chi connectivity index (χ0n) is 12.8. The van der Waals surface area contributed by atoms with E-state index in [2.05, 4.69) is 16.6 Å². The van der Waals surface area contributed by atoms with Crippen LogP contribution >= 0.6 is 11.3 Å². The third-order valence-electron chi connectivity index (χ3n) is 3.01. The maximum absolute atomic E-state index is 10.9. The minimum absolute atomic E-state index is 0.0846. The van der Waals surface area contributed by atoms with Crippen LogP contribution in [-0.2, 0) is 0 Å². The molecule has 2 N–H and O–H groups in total. The number of aliphatic imine (C=N–C) groups is 2. The van der Waals surface area contributed by atoms with Crippen molar-refractivity contribution in [2.75, 3.05) is 5.73 Å². The Hall–Kier alpha value is -3.31. The summed E-state index contributed by atoms with van der Waals surface area (Å²) in [5.74, 6) is 0. The van der Waals surface area contributed by atoms with E-state index >= 15 is 0 Å². The van der Waals surface area contributed by atoms with E-state index in [0.29, 0.717) is 21.3 Å². The third kappa shape index (κ3) is 3.71. The molecule has 0 aliphatic rings. The van der Waals surface area contributed by atoms with Crippen LogP contribution < -0.4 is 5.73 Å². The number of benzene rings is 1. The molecule has 1 heterocycles. The molecule has 0 bridgehead atoms. The van der Waals surface area contributed by atoms with E-state index in [0.717, 1.165) is 5.56 Å². The molecule has 0 aliphatic carbocycles. The van der Waals surface area contributed by atoms with Crippen LogP contribution in [0.1, 0.15) is 10.4 Å². The molecular formula is C16H13N5O2S. The molecule has 8 heteroatoms. The number of aryl methyl sites for hydroxylation is 1. The molecule has 24 heavy (non-hydrogen) atoms. The van der Waals surface area contributed by atoms with E-state index in [1.807, 2.05) is 6.07 Å². The topological polar surface area (TPSA) is 118 Å². The Morgan fingerprint density at radius 3 is 2.88 bits per heavy atom. The standard InChI is InChI=1S/C16H13N5O2S/c1-3-6-19-16-12(18)8-15(24-16)14(9-17)20-13-7-11(21(22)23)5-4-10(13)2/h3-8H,1,18H2,2H3. The second-order valence-corrected chi connectivity index (χ2v) is 5.72. The van der Waals surface area contributed by atoms with Crippen molar-refractivity contribution in [2.45, 2.75) is 6.92 Å². The van der Waals surface area contributed by atoms with Gasteiger partial charge in [0.2, 0.25) is 0 Å². The Labute approximate surface area is 142 Å². The van der Waals surface area contributed by atoms with Gasteiger partial charge in [-0.15, -0.1) is 11.3 Å². The van der Waals surface area contributed by atoms with E-state index in [4.69, 9.17) is 5.73 Å². The summed E-state index contributed by atoms with van der Waals surface area (Å²) in [6.45, 7) is 5.30. The fourth-order valence-corrected chi connectivity index (χ4v) is 2.69. The normalized spacial score (nSPS) is 11.4. The van der Waals surface area contributed by atoms with Crippen LogP contribution in [0.4, 0.5) is 22.1 Å². The van der Waals surface area contributed by atoms with Gasteiger partial charge < -0.3 is 5.73 Å². The zero-order chi connectivity index (χ0) is 17.7. The number of nitrogens with two attached hydrogens (primary N) is 1. The van der Waals surface area contributed by atoms with Gasteiger partial charge in [-0.2, -0.15) is 5.26 Å². The van der Waals surface area contributed by atoms with Crippen LogP contribution in [0.2, 0.25) is 0 Å². The number of non-ortho nitro benzene ring substituents is 1. The van der Waals surface area contributed by atoms with Crippen molar-refractivity contribution < 1.29 is 4.92 Å². The van der Waals surface area contributed by atoms with Crippen LogP contribution in [-0.4, -0.2) is 16.8 Å². The van der Waals surface area contributed by atoms with Crippen molar-refractivity contribution in [2.24, 2.45) is 9.98 Å². The fourth-order valence-electron chi connectivity index (χ4n) is 1.82. The Morgan fingerprint density at radius 2 is 2.25 bits per heavy atom. The summed E-state index contributed by atoms with van der Waals surface area (Å²) in [5.41, 5.74) is 7.42. The number of hydrogen-bond acceptors (Lipinski definition) is 7. The zero-order valence-corrected chi connectivity index (χ0v) is 13.6. The SMILES string of the molecule is C=CC=Nc1sc(C(C#N)=Nc2cc([N+](=O)[O-])ccc2C)cc1N. The number of thiophene rings is 1. The molecule has 0 unspecified atom stereocenters. The summed E-state index contributed by atoms with van der Waals surface area (Å²) in [6.07, 6.45) is 3.02. The molecule has 0 saturated carbocycles. The van der Waals surface area contributed by atoms with Gasteiger partial charge in [-0.25, -0.2) is 9.98 Å². The van der Waals surface area contributed by atoms with E-state index < -0.39 is 4.92 Å².